The first-order valence-electron chi connectivity index (χ1n) is 5.45. The van der Waals surface area contributed by atoms with Crippen molar-refractivity contribution in [2.45, 2.75) is 25.9 Å². The zero-order valence-corrected chi connectivity index (χ0v) is 11.0. The van der Waals surface area contributed by atoms with Crippen molar-refractivity contribution in [3.05, 3.63) is 0 Å². The van der Waals surface area contributed by atoms with E-state index in [9.17, 15) is 4.79 Å². The normalized spacial score (nSPS) is 47.5. The van der Waals surface area contributed by atoms with Crippen LogP contribution in [0.5, 0.6) is 0 Å². The molecule has 88 valence electrons. The zero-order chi connectivity index (χ0) is 11.6. The van der Waals surface area contributed by atoms with Gasteiger partial charge in [0.1, 0.15) is 6.10 Å². The molecule has 2 heterocycles. The molecule has 0 N–H and O–H groups in total. The second-order valence-corrected chi connectivity index (χ2v) is 6.62. The monoisotopic (exact) mass is 258 g/mol. The third kappa shape index (κ3) is 1.11. The van der Waals surface area contributed by atoms with Crippen molar-refractivity contribution in [3.8, 4) is 0 Å². The Hall–Kier alpha value is -0.290. The van der Waals surface area contributed by atoms with E-state index in [1.807, 2.05) is 6.26 Å². The van der Waals surface area contributed by atoms with Crippen molar-refractivity contribution in [2.75, 3.05) is 12.9 Å². The molecule has 2 saturated carbocycles. The molecule has 3 nitrogen and oxygen atoms in total. The fraction of sp³-hybridized carbons (Fsp3) is 0.818. The maximum Gasteiger partial charge on any atom is 0.310 e. The van der Waals surface area contributed by atoms with Crippen molar-refractivity contribution in [2.24, 2.45) is 16.7 Å². The van der Waals surface area contributed by atoms with Crippen LogP contribution in [0, 0.1) is 16.7 Å². The fourth-order valence-corrected chi connectivity index (χ4v) is 4.05. The van der Waals surface area contributed by atoms with Gasteiger partial charge in [-0.3, -0.25) is 4.79 Å². The average Bonchev–Trinajstić information content (AvgIpc) is 2.65. The number of hydrogen-bond donors (Lipinski definition) is 0. The van der Waals surface area contributed by atoms with E-state index in [0.717, 1.165) is 12.8 Å². The Kier molecular flexibility index (Phi) is 2.12. The number of carbonyl (C=O) groups excluding carboxylic acids is 1. The molecule has 4 rings (SSSR count). The largest absolute Gasteiger partial charge is 0.478 e. The summed E-state index contributed by atoms with van der Waals surface area (Å²) < 4.78 is 11.4. The molecule has 0 spiro atoms. The molecule has 0 aromatic heterocycles. The van der Waals surface area contributed by atoms with Gasteiger partial charge in [0.25, 0.3) is 0 Å². The molecule has 4 atom stereocenters. The number of ether oxygens (including phenoxy) is 2. The smallest absolute Gasteiger partial charge is 0.310 e. The van der Waals surface area contributed by atoms with Gasteiger partial charge in [0.05, 0.1) is 12.5 Å². The first-order valence-corrected chi connectivity index (χ1v) is 7.08. The van der Waals surface area contributed by atoms with E-state index in [1.165, 1.54) is 11.8 Å². The van der Waals surface area contributed by atoms with Crippen molar-refractivity contribution in [3.63, 3.8) is 0 Å². The van der Waals surface area contributed by atoms with Crippen molar-refractivity contribution >= 4 is 34.3 Å². The molecular weight excluding hydrogens is 244 g/mol. The Morgan fingerprint density at radius 2 is 2.44 bits per heavy atom. The quantitative estimate of drug-likeness (QED) is 0.559. The molecule has 16 heavy (non-hydrogen) atoms. The topological polar surface area (TPSA) is 35.5 Å². The summed E-state index contributed by atoms with van der Waals surface area (Å²) in [6, 6.07) is 0. The van der Waals surface area contributed by atoms with Gasteiger partial charge in [0.2, 0.25) is 4.38 Å². The average molecular weight is 258 g/mol. The van der Waals surface area contributed by atoms with E-state index in [-0.39, 0.29) is 28.8 Å². The summed E-state index contributed by atoms with van der Waals surface area (Å²) in [5, 5.41) is 0. The van der Waals surface area contributed by atoms with Crippen LogP contribution in [0.1, 0.15) is 19.8 Å². The molecule has 5 heteroatoms. The van der Waals surface area contributed by atoms with Crippen LogP contribution in [-0.2, 0) is 14.3 Å². The second kappa shape index (κ2) is 3.13. The Morgan fingerprint density at radius 1 is 1.69 bits per heavy atom. The SMILES string of the molecule is CSC(=S)OCC12CC3CC1(C)C2C(=O)O3. The maximum atomic E-state index is 11.7. The van der Waals surface area contributed by atoms with Crippen LogP contribution in [0.4, 0.5) is 0 Å². The molecule has 0 aromatic rings. The highest BCUT2D eigenvalue weighted by molar-refractivity contribution is 8.22. The lowest BCUT2D eigenvalue weighted by Crippen LogP contribution is -2.33. The van der Waals surface area contributed by atoms with Crippen molar-refractivity contribution in [1.82, 2.24) is 0 Å². The summed E-state index contributed by atoms with van der Waals surface area (Å²) >= 11 is 6.47. The predicted molar refractivity (Wildman–Crippen MR) is 65.2 cm³/mol. The highest BCUT2D eigenvalue weighted by Crippen LogP contribution is 2.80. The molecule has 2 saturated heterocycles. The maximum absolute atomic E-state index is 11.7. The lowest BCUT2D eigenvalue weighted by molar-refractivity contribution is -0.161. The molecule has 0 amide bonds. The van der Waals surface area contributed by atoms with E-state index >= 15 is 0 Å². The predicted octanol–water partition coefficient (Wildman–Crippen LogP) is 1.99. The van der Waals surface area contributed by atoms with Crippen LogP contribution < -0.4 is 0 Å². The number of carbonyl (C=O) groups is 1. The van der Waals surface area contributed by atoms with Crippen LogP contribution in [0.3, 0.4) is 0 Å². The van der Waals surface area contributed by atoms with Crippen molar-refractivity contribution in [1.29, 1.82) is 0 Å². The Morgan fingerprint density at radius 3 is 3.00 bits per heavy atom. The molecule has 4 aliphatic rings. The molecule has 2 aliphatic heterocycles. The lowest BCUT2D eigenvalue weighted by Gasteiger charge is -2.26. The summed E-state index contributed by atoms with van der Waals surface area (Å²) in [6.45, 7) is 2.77. The Balaban J connectivity index is 1.76. The number of thiocarbonyl (C=S) groups is 1. The van der Waals surface area contributed by atoms with E-state index in [2.05, 4.69) is 6.92 Å². The standard InChI is InChI=1S/C11H14O3S2/c1-10-3-6-4-11(10,5-13-9(15)16-2)7(10)8(12)14-6/h6-7H,3-5H2,1-2H3. The van der Waals surface area contributed by atoms with Gasteiger partial charge >= 0.3 is 5.97 Å². The molecular formula is C11H14O3S2. The van der Waals surface area contributed by atoms with Gasteiger partial charge in [-0.25, -0.2) is 0 Å². The third-order valence-corrected chi connectivity index (χ3v) is 5.69. The molecule has 4 fully saturated rings. The summed E-state index contributed by atoms with van der Waals surface area (Å²) in [5.74, 6) is 0.0262. The fourth-order valence-electron chi connectivity index (χ4n) is 3.82. The minimum atomic E-state index is -0.0244. The third-order valence-electron chi connectivity index (χ3n) is 4.62. The van der Waals surface area contributed by atoms with Crippen LogP contribution >= 0.6 is 24.0 Å². The van der Waals surface area contributed by atoms with Crippen LogP contribution in [-0.4, -0.2) is 29.3 Å². The van der Waals surface area contributed by atoms with Crippen LogP contribution in [0.2, 0.25) is 0 Å². The van der Waals surface area contributed by atoms with Gasteiger partial charge in [0.15, 0.2) is 0 Å². The van der Waals surface area contributed by atoms with E-state index in [4.69, 9.17) is 21.7 Å². The summed E-state index contributed by atoms with van der Waals surface area (Å²) in [5.41, 5.74) is 0.133. The second-order valence-electron chi connectivity index (χ2n) is 5.22. The minimum Gasteiger partial charge on any atom is -0.478 e. The summed E-state index contributed by atoms with van der Waals surface area (Å²) in [6.07, 6.45) is 3.98. The first-order chi connectivity index (χ1) is 7.53. The minimum absolute atomic E-state index is 0.0206. The number of hydrogen-bond acceptors (Lipinski definition) is 5. The highest BCUT2D eigenvalue weighted by Gasteiger charge is 2.84. The zero-order valence-electron chi connectivity index (χ0n) is 9.32. The van der Waals surface area contributed by atoms with Gasteiger partial charge in [-0.15, -0.1) is 0 Å². The lowest BCUT2D eigenvalue weighted by atomic mass is 9.97. The van der Waals surface area contributed by atoms with Gasteiger partial charge < -0.3 is 9.47 Å². The molecule has 2 aliphatic carbocycles. The number of fused-ring (bicyclic) bond motifs is 1. The highest BCUT2D eigenvalue weighted by atomic mass is 32.2. The van der Waals surface area contributed by atoms with Crippen molar-refractivity contribution < 1.29 is 14.3 Å². The Labute approximate surface area is 104 Å². The van der Waals surface area contributed by atoms with Gasteiger partial charge in [-0.1, -0.05) is 18.7 Å². The van der Waals surface area contributed by atoms with Crippen LogP contribution in [0.25, 0.3) is 0 Å². The molecule has 4 unspecified atom stereocenters. The van der Waals surface area contributed by atoms with Crippen LogP contribution in [0.15, 0.2) is 0 Å². The molecule has 0 aromatic carbocycles. The first kappa shape index (κ1) is 10.8. The van der Waals surface area contributed by atoms with E-state index < -0.39 is 0 Å². The number of esters is 1. The molecule has 4 bridgehead atoms. The summed E-state index contributed by atoms with van der Waals surface area (Å²) in [7, 11) is 0. The molecule has 0 radical (unpaired) electrons. The van der Waals surface area contributed by atoms with E-state index in [1.54, 1.807) is 0 Å². The summed E-state index contributed by atoms with van der Waals surface area (Å²) in [4.78, 5) is 11.7. The number of thioether (sulfide) groups is 1. The van der Waals surface area contributed by atoms with Gasteiger partial charge in [-0.2, -0.15) is 0 Å². The van der Waals surface area contributed by atoms with E-state index in [0.29, 0.717) is 11.0 Å². The van der Waals surface area contributed by atoms with Gasteiger partial charge in [-0.05, 0) is 36.7 Å². The number of rotatable bonds is 2. The Bertz CT molecular complexity index is 383. The van der Waals surface area contributed by atoms with Gasteiger partial charge in [0, 0.05) is 5.41 Å².